The van der Waals surface area contributed by atoms with Crippen LogP contribution in [0.15, 0.2) is 54.9 Å². The smallest absolute Gasteiger partial charge is 0.201 e. The predicted octanol–water partition coefficient (Wildman–Crippen LogP) is 5.91. The number of carbonyl (C=O) groups excluding carboxylic acids is 1. The van der Waals surface area contributed by atoms with Gasteiger partial charge in [0.25, 0.3) is 0 Å². The van der Waals surface area contributed by atoms with Crippen LogP contribution in [0.25, 0.3) is 22.2 Å². The molecule has 2 heterocycles. The van der Waals surface area contributed by atoms with Gasteiger partial charge in [-0.3, -0.25) is 4.79 Å². The highest BCUT2D eigenvalue weighted by molar-refractivity contribution is 8.00. The molecule has 0 fully saturated rings. The molecule has 0 aliphatic heterocycles. The van der Waals surface area contributed by atoms with E-state index >= 15 is 4.39 Å². The third-order valence-electron chi connectivity index (χ3n) is 4.76. The highest BCUT2D eigenvalue weighted by Gasteiger charge is 2.24. The Labute approximate surface area is 181 Å². The van der Waals surface area contributed by atoms with Crippen molar-refractivity contribution in [2.45, 2.75) is 13.3 Å². The van der Waals surface area contributed by atoms with Crippen molar-refractivity contribution in [3.8, 4) is 16.9 Å². The number of ketones is 1. The molecule has 0 bridgehead atoms. The first-order chi connectivity index (χ1) is 15.0. The van der Waals surface area contributed by atoms with Crippen LogP contribution in [-0.2, 0) is 0 Å². The van der Waals surface area contributed by atoms with E-state index in [0.29, 0.717) is 22.2 Å². The average Bonchev–Trinajstić information content (AvgIpc) is 3.19. The number of hydrogen-bond donors (Lipinski definition) is 3. The van der Waals surface area contributed by atoms with Crippen molar-refractivity contribution in [3.63, 3.8) is 0 Å². The quantitative estimate of drug-likeness (QED) is 0.189. The van der Waals surface area contributed by atoms with Crippen molar-refractivity contribution in [1.82, 2.24) is 9.97 Å². The van der Waals surface area contributed by atoms with Crippen LogP contribution in [0.3, 0.4) is 0 Å². The molecule has 158 valence electrons. The second kappa shape index (κ2) is 8.77. The Balaban J connectivity index is 1.76. The highest BCUT2D eigenvalue weighted by atomic mass is 32.2. The van der Waals surface area contributed by atoms with Crippen LogP contribution >= 0.6 is 11.9 Å². The van der Waals surface area contributed by atoms with Gasteiger partial charge in [-0.05, 0) is 42.3 Å². The van der Waals surface area contributed by atoms with Gasteiger partial charge < -0.3 is 14.8 Å². The average molecular weight is 439 g/mol. The second-order valence-electron chi connectivity index (χ2n) is 6.94. The summed E-state index contributed by atoms with van der Waals surface area (Å²) >= 11 is 1.29. The van der Waals surface area contributed by atoms with Crippen LogP contribution in [-0.4, -0.2) is 26.6 Å². The molecule has 0 saturated heterocycles. The standard InChI is InChI=1S/C23H19F2N3O2S/c1-2-8-31-28-19-7-6-18(24)20(21(19)25)22(30)17-12-27-23-16(17)10-14(11-26-23)13-4-3-5-15(29)9-13/h3-7,9-12,28-29H,2,8H2,1H3,(H,26,27). The van der Waals surface area contributed by atoms with Crippen LogP contribution in [0.2, 0.25) is 0 Å². The Morgan fingerprint density at radius 2 is 2.03 bits per heavy atom. The van der Waals surface area contributed by atoms with Crippen LogP contribution in [0, 0.1) is 11.6 Å². The zero-order chi connectivity index (χ0) is 22.0. The van der Waals surface area contributed by atoms with E-state index < -0.39 is 23.0 Å². The fraction of sp³-hybridized carbons (Fsp3) is 0.130. The molecule has 4 rings (SSSR count). The topological polar surface area (TPSA) is 78.0 Å². The molecule has 0 aliphatic rings. The number of phenolic OH excluding ortho intramolecular Hbond substituents is 1. The Bertz CT molecular complexity index is 1270. The van der Waals surface area contributed by atoms with Gasteiger partial charge in [0.05, 0.1) is 11.3 Å². The molecule has 3 N–H and O–H groups in total. The fourth-order valence-corrected chi connectivity index (χ4v) is 3.86. The third-order valence-corrected chi connectivity index (χ3v) is 5.74. The maximum absolute atomic E-state index is 15.0. The molecule has 31 heavy (non-hydrogen) atoms. The maximum Gasteiger partial charge on any atom is 0.201 e. The van der Waals surface area contributed by atoms with E-state index in [-0.39, 0.29) is 17.0 Å². The van der Waals surface area contributed by atoms with E-state index in [0.717, 1.165) is 18.2 Å². The number of H-pyrrole nitrogens is 1. The van der Waals surface area contributed by atoms with E-state index in [2.05, 4.69) is 14.7 Å². The monoisotopic (exact) mass is 439 g/mol. The number of pyridine rings is 1. The summed E-state index contributed by atoms with van der Waals surface area (Å²) in [4.78, 5) is 20.3. The number of nitrogens with one attached hydrogen (secondary N) is 2. The molecule has 2 aromatic carbocycles. The Kier molecular flexibility index (Phi) is 5.90. The van der Waals surface area contributed by atoms with Gasteiger partial charge in [-0.25, -0.2) is 13.8 Å². The lowest BCUT2D eigenvalue weighted by Gasteiger charge is -2.10. The second-order valence-corrected chi connectivity index (χ2v) is 7.84. The van der Waals surface area contributed by atoms with E-state index in [4.69, 9.17) is 0 Å². The molecule has 0 aliphatic carbocycles. The van der Waals surface area contributed by atoms with Crippen LogP contribution in [0.4, 0.5) is 14.5 Å². The van der Waals surface area contributed by atoms with Crippen molar-refractivity contribution in [2.24, 2.45) is 0 Å². The largest absolute Gasteiger partial charge is 0.508 e. The van der Waals surface area contributed by atoms with Gasteiger partial charge in [0, 0.05) is 34.7 Å². The van der Waals surface area contributed by atoms with Crippen LogP contribution in [0.1, 0.15) is 29.3 Å². The zero-order valence-corrected chi connectivity index (χ0v) is 17.4. The number of hydrogen-bond acceptors (Lipinski definition) is 5. The molecule has 8 heteroatoms. The summed E-state index contributed by atoms with van der Waals surface area (Å²) in [5, 5.41) is 10.2. The molecular formula is C23H19F2N3O2S. The highest BCUT2D eigenvalue weighted by Crippen LogP contribution is 2.30. The number of halogens is 2. The lowest BCUT2D eigenvalue weighted by atomic mass is 10.00. The molecule has 0 unspecified atom stereocenters. The number of benzene rings is 2. The first-order valence-corrected chi connectivity index (χ1v) is 10.6. The molecule has 0 amide bonds. The summed E-state index contributed by atoms with van der Waals surface area (Å²) in [5.41, 5.74) is 1.32. The van der Waals surface area contributed by atoms with Gasteiger partial charge in [0.1, 0.15) is 17.2 Å². The van der Waals surface area contributed by atoms with Gasteiger partial charge in [-0.1, -0.05) is 31.0 Å². The summed E-state index contributed by atoms with van der Waals surface area (Å²) in [6, 6.07) is 10.7. The number of rotatable bonds is 7. The molecule has 0 spiro atoms. The summed E-state index contributed by atoms with van der Waals surface area (Å²) in [6.07, 6.45) is 3.88. The first-order valence-electron chi connectivity index (χ1n) is 9.66. The molecule has 0 radical (unpaired) electrons. The normalized spacial score (nSPS) is 11.1. The van der Waals surface area contributed by atoms with Gasteiger partial charge in [0.15, 0.2) is 5.82 Å². The zero-order valence-electron chi connectivity index (χ0n) is 16.6. The summed E-state index contributed by atoms with van der Waals surface area (Å²) < 4.78 is 32.3. The van der Waals surface area contributed by atoms with Gasteiger partial charge in [-0.15, -0.1) is 0 Å². The maximum atomic E-state index is 15.0. The Hall–Kier alpha value is -3.39. The lowest BCUT2D eigenvalue weighted by molar-refractivity contribution is 0.103. The minimum absolute atomic E-state index is 0.0571. The number of fused-ring (bicyclic) bond motifs is 1. The van der Waals surface area contributed by atoms with Gasteiger partial charge in [0.2, 0.25) is 5.78 Å². The van der Waals surface area contributed by atoms with Gasteiger partial charge >= 0.3 is 0 Å². The van der Waals surface area contributed by atoms with Gasteiger partial charge in [-0.2, -0.15) is 0 Å². The molecule has 0 atom stereocenters. The summed E-state index contributed by atoms with van der Waals surface area (Å²) in [5.74, 6) is -1.80. The molecule has 0 saturated carbocycles. The third kappa shape index (κ3) is 4.11. The molecular weight excluding hydrogens is 420 g/mol. The minimum Gasteiger partial charge on any atom is -0.508 e. The lowest BCUT2D eigenvalue weighted by Crippen LogP contribution is -2.09. The molecule has 4 aromatic rings. The first kappa shape index (κ1) is 20.9. The molecule has 2 aromatic heterocycles. The van der Waals surface area contributed by atoms with Crippen LogP contribution < -0.4 is 4.72 Å². The predicted molar refractivity (Wildman–Crippen MR) is 119 cm³/mol. The number of aromatic nitrogens is 2. The van der Waals surface area contributed by atoms with E-state index in [9.17, 15) is 14.3 Å². The number of carbonyl (C=O) groups is 1. The van der Waals surface area contributed by atoms with E-state index in [1.54, 1.807) is 36.5 Å². The number of phenols is 1. The fourth-order valence-electron chi connectivity index (χ4n) is 3.24. The number of anilines is 1. The van der Waals surface area contributed by atoms with Crippen molar-refractivity contribution in [2.75, 3.05) is 10.5 Å². The molecule has 5 nitrogen and oxygen atoms in total. The Morgan fingerprint density at radius 1 is 1.19 bits per heavy atom. The number of aromatic hydroxyl groups is 1. The van der Waals surface area contributed by atoms with Crippen molar-refractivity contribution in [3.05, 3.63) is 77.6 Å². The summed E-state index contributed by atoms with van der Waals surface area (Å²) in [6.45, 7) is 1.99. The SMILES string of the molecule is CCCSNc1ccc(F)c(C(=O)c2c[nH]c3ncc(-c4cccc(O)c4)cc23)c1F. The van der Waals surface area contributed by atoms with Crippen molar-refractivity contribution >= 4 is 34.5 Å². The number of aromatic amines is 1. The van der Waals surface area contributed by atoms with Crippen molar-refractivity contribution in [1.29, 1.82) is 0 Å². The van der Waals surface area contributed by atoms with E-state index in [1.165, 1.54) is 24.2 Å². The van der Waals surface area contributed by atoms with Crippen molar-refractivity contribution < 1.29 is 18.7 Å². The van der Waals surface area contributed by atoms with E-state index in [1.807, 2.05) is 6.92 Å². The Morgan fingerprint density at radius 3 is 2.81 bits per heavy atom. The van der Waals surface area contributed by atoms with Crippen LogP contribution in [0.5, 0.6) is 5.75 Å². The number of nitrogens with zero attached hydrogens (tertiary/aromatic N) is 1. The summed E-state index contributed by atoms with van der Waals surface area (Å²) in [7, 11) is 0. The minimum atomic E-state index is -0.931.